The molecule has 0 saturated heterocycles. The lowest BCUT2D eigenvalue weighted by atomic mass is 10.1. The molecule has 2 nitrogen and oxygen atoms in total. The lowest BCUT2D eigenvalue weighted by Crippen LogP contribution is -2.10. The quantitative estimate of drug-likeness (QED) is 0.887. The molecule has 2 aromatic rings. The monoisotopic (exact) mass is 254 g/mol. The highest BCUT2D eigenvalue weighted by atomic mass is 15.1. The number of nitrogens with zero attached hydrogens (tertiary/aromatic N) is 1. The van der Waals surface area contributed by atoms with Crippen molar-refractivity contribution in [3.8, 4) is 0 Å². The maximum atomic E-state index is 3.48. The first kappa shape index (κ1) is 13.5. The molecule has 0 unspecified atom stereocenters. The summed E-state index contributed by atoms with van der Waals surface area (Å²) in [5.41, 5.74) is 6.32. The molecule has 2 aromatic carbocycles. The van der Waals surface area contributed by atoms with Gasteiger partial charge in [0, 0.05) is 32.0 Å². The molecule has 2 rings (SSSR count). The van der Waals surface area contributed by atoms with Crippen molar-refractivity contribution in [3.05, 3.63) is 59.2 Å². The van der Waals surface area contributed by atoms with Crippen LogP contribution in [0.3, 0.4) is 0 Å². The van der Waals surface area contributed by atoms with E-state index in [0.29, 0.717) is 0 Å². The molecule has 0 aromatic heterocycles. The van der Waals surface area contributed by atoms with Crippen LogP contribution in [0.5, 0.6) is 0 Å². The highest BCUT2D eigenvalue weighted by Crippen LogP contribution is 2.22. The molecular formula is C17H22N2. The van der Waals surface area contributed by atoms with Crippen LogP contribution in [0, 0.1) is 13.8 Å². The second-order valence-electron chi connectivity index (χ2n) is 5.23. The molecule has 19 heavy (non-hydrogen) atoms. The molecule has 0 aliphatic rings. The second kappa shape index (κ2) is 5.79. The van der Waals surface area contributed by atoms with Crippen LogP contribution in [0.1, 0.15) is 16.7 Å². The van der Waals surface area contributed by atoms with Crippen molar-refractivity contribution in [2.45, 2.75) is 20.4 Å². The van der Waals surface area contributed by atoms with Crippen molar-refractivity contribution < 1.29 is 0 Å². The maximum Gasteiger partial charge on any atom is 0.0411 e. The van der Waals surface area contributed by atoms with Crippen molar-refractivity contribution in [3.63, 3.8) is 0 Å². The highest BCUT2D eigenvalue weighted by molar-refractivity contribution is 5.61. The molecule has 2 heteroatoms. The topological polar surface area (TPSA) is 15.3 Å². The third-order valence-electron chi connectivity index (χ3n) is 3.31. The van der Waals surface area contributed by atoms with Gasteiger partial charge in [0.2, 0.25) is 0 Å². The summed E-state index contributed by atoms with van der Waals surface area (Å²) in [6.07, 6.45) is 0. The zero-order valence-electron chi connectivity index (χ0n) is 12.2. The predicted molar refractivity (Wildman–Crippen MR) is 84.0 cm³/mol. The predicted octanol–water partition coefficient (Wildman–Crippen LogP) is 3.98. The molecule has 0 bridgehead atoms. The van der Waals surface area contributed by atoms with Crippen LogP contribution in [0.15, 0.2) is 42.5 Å². The summed E-state index contributed by atoms with van der Waals surface area (Å²) in [7, 11) is 4.15. The van der Waals surface area contributed by atoms with Crippen LogP contribution in [-0.2, 0) is 6.54 Å². The van der Waals surface area contributed by atoms with Crippen LogP contribution in [0.4, 0.5) is 11.4 Å². The van der Waals surface area contributed by atoms with Gasteiger partial charge in [-0.25, -0.2) is 0 Å². The lowest BCUT2D eigenvalue weighted by Gasteiger charge is -2.17. The van der Waals surface area contributed by atoms with Gasteiger partial charge in [-0.2, -0.15) is 0 Å². The molecule has 0 aliphatic heterocycles. The fourth-order valence-corrected chi connectivity index (χ4v) is 2.11. The van der Waals surface area contributed by atoms with Crippen molar-refractivity contribution in [1.29, 1.82) is 0 Å². The average Bonchev–Trinajstić information content (AvgIpc) is 2.39. The highest BCUT2D eigenvalue weighted by Gasteiger charge is 2.02. The Kier molecular flexibility index (Phi) is 4.10. The number of rotatable bonds is 4. The molecule has 0 spiro atoms. The van der Waals surface area contributed by atoms with Gasteiger partial charge in [-0.3, -0.25) is 0 Å². The molecule has 0 aliphatic carbocycles. The van der Waals surface area contributed by atoms with Crippen LogP contribution in [0.25, 0.3) is 0 Å². The normalized spacial score (nSPS) is 10.3. The number of benzene rings is 2. The molecule has 1 N–H and O–H groups in total. The zero-order valence-corrected chi connectivity index (χ0v) is 12.2. The van der Waals surface area contributed by atoms with Gasteiger partial charge in [-0.15, -0.1) is 0 Å². The van der Waals surface area contributed by atoms with Crippen molar-refractivity contribution in [2.24, 2.45) is 0 Å². The minimum absolute atomic E-state index is 0.857. The minimum Gasteiger partial charge on any atom is -0.381 e. The minimum atomic E-state index is 0.857. The Hall–Kier alpha value is -1.96. The zero-order chi connectivity index (χ0) is 13.8. The van der Waals surface area contributed by atoms with Gasteiger partial charge in [-0.05, 0) is 37.1 Å². The molecule has 0 radical (unpaired) electrons. The molecule has 0 amide bonds. The summed E-state index contributed by atoms with van der Waals surface area (Å²) >= 11 is 0. The molecule has 0 atom stereocenters. The van der Waals surface area contributed by atoms with E-state index in [0.717, 1.165) is 12.2 Å². The maximum absolute atomic E-state index is 3.48. The third kappa shape index (κ3) is 3.50. The lowest BCUT2D eigenvalue weighted by molar-refractivity contribution is 1.10. The van der Waals surface area contributed by atoms with E-state index in [-0.39, 0.29) is 0 Å². The van der Waals surface area contributed by atoms with Crippen molar-refractivity contribution in [2.75, 3.05) is 24.3 Å². The fraction of sp³-hybridized carbons (Fsp3) is 0.294. The third-order valence-corrected chi connectivity index (χ3v) is 3.31. The Labute approximate surface area is 116 Å². The number of aryl methyl sites for hydroxylation is 2. The molecule has 100 valence electrons. The summed E-state index contributed by atoms with van der Waals surface area (Å²) in [6, 6.07) is 15.1. The van der Waals surface area contributed by atoms with Crippen molar-refractivity contribution >= 4 is 11.4 Å². The van der Waals surface area contributed by atoms with E-state index < -0.39 is 0 Å². The first-order chi connectivity index (χ1) is 9.06. The molecular weight excluding hydrogens is 232 g/mol. The van der Waals surface area contributed by atoms with Gasteiger partial charge in [0.15, 0.2) is 0 Å². The van der Waals surface area contributed by atoms with Gasteiger partial charge in [0.1, 0.15) is 0 Å². The first-order valence-corrected chi connectivity index (χ1v) is 6.63. The van der Waals surface area contributed by atoms with Crippen LogP contribution >= 0.6 is 0 Å². The molecule has 0 fully saturated rings. The van der Waals surface area contributed by atoms with E-state index in [1.165, 1.54) is 22.4 Å². The number of hydrogen-bond donors (Lipinski definition) is 1. The molecule has 0 heterocycles. The van der Waals surface area contributed by atoms with E-state index in [2.05, 4.69) is 80.6 Å². The summed E-state index contributed by atoms with van der Waals surface area (Å²) in [4.78, 5) is 2.15. The van der Waals surface area contributed by atoms with E-state index in [4.69, 9.17) is 0 Å². The van der Waals surface area contributed by atoms with Crippen LogP contribution < -0.4 is 10.2 Å². The first-order valence-electron chi connectivity index (χ1n) is 6.63. The Bertz CT molecular complexity index is 542. The average molecular weight is 254 g/mol. The van der Waals surface area contributed by atoms with Crippen LogP contribution in [-0.4, -0.2) is 14.1 Å². The summed E-state index contributed by atoms with van der Waals surface area (Å²) < 4.78 is 0. The largest absolute Gasteiger partial charge is 0.381 e. The van der Waals surface area contributed by atoms with E-state index in [9.17, 15) is 0 Å². The van der Waals surface area contributed by atoms with E-state index in [1.807, 2.05) is 0 Å². The Morgan fingerprint density at radius 2 is 1.63 bits per heavy atom. The van der Waals surface area contributed by atoms with Gasteiger partial charge in [0.25, 0.3) is 0 Å². The van der Waals surface area contributed by atoms with Gasteiger partial charge < -0.3 is 10.2 Å². The number of nitrogens with one attached hydrogen (secondary N) is 1. The van der Waals surface area contributed by atoms with E-state index >= 15 is 0 Å². The second-order valence-corrected chi connectivity index (χ2v) is 5.23. The smallest absolute Gasteiger partial charge is 0.0411 e. The number of hydrogen-bond acceptors (Lipinski definition) is 2. The van der Waals surface area contributed by atoms with Crippen molar-refractivity contribution in [1.82, 2.24) is 0 Å². The summed E-state index contributed by atoms with van der Waals surface area (Å²) in [5, 5.41) is 3.48. The Morgan fingerprint density at radius 1 is 0.947 bits per heavy atom. The number of anilines is 2. The fourth-order valence-electron chi connectivity index (χ4n) is 2.11. The summed E-state index contributed by atoms with van der Waals surface area (Å²) in [6.45, 7) is 5.11. The van der Waals surface area contributed by atoms with E-state index in [1.54, 1.807) is 0 Å². The van der Waals surface area contributed by atoms with Gasteiger partial charge in [-0.1, -0.05) is 35.9 Å². The van der Waals surface area contributed by atoms with Gasteiger partial charge in [0.05, 0.1) is 0 Å². The standard InChI is InChI=1S/C17H22N2/c1-13-5-8-15(9-6-13)12-18-16-10-7-14(2)17(11-16)19(3)4/h5-11,18H,12H2,1-4H3. The Balaban J connectivity index is 2.07. The Morgan fingerprint density at radius 3 is 2.26 bits per heavy atom. The molecule has 0 saturated carbocycles. The van der Waals surface area contributed by atoms with Gasteiger partial charge >= 0.3 is 0 Å². The summed E-state index contributed by atoms with van der Waals surface area (Å²) in [5.74, 6) is 0. The van der Waals surface area contributed by atoms with Crippen LogP contribution in [0.2, 0.25) is 0 Å². The SMILES string of the molecule is Cc1ccc(CNc2ccc(C)c(N(C)C)c2)cc1.